The van der Waals surface area contributed by atoms with Crippen molar-refractivity contribution in [2.24, 2.45) is 0 Å². The quantitative estimate of drug-likeness (QED) is 0.139. The molecule has 0 aliphatic carbocycles. The van der Waals surface area contributed by atoms with Gasteiger partial charge in [-0.1, -0.05) is 23.5 Å². The van der Waals surface area contributed by atoms with Crippen molar-refractivity contribution in [3.05, 3.63) is 63.7 Å². The van der Waals surface area contributed by atoms with Crippen molar-refractivity contribution in [2.75, 3.05) is 53.9 Å². The first kappa shape index (κ1) is 33.5. The maximum absolute atomic E-state index is 12.0. The first-order valence-electron chi connectivity index (χ1n) is 14.8. The number of carbonyl (C=O) groups is 1. The van der Waals surface area contributed by atoms with Crippen LogP contribution in [-0.4, -0.2) is 68.1 Å². The van der Waals surface area contributed by atoms with E-state index in [1.807, 2.05) is 24.3 Å². The van der Waals surface area contributed by atoms with Gasteiger partial charge in [-0.3, -0.25) is 10.0 Å². The third-order valence-electron chi connectivity index (χ3n) is 7.51. The maximum atomic E-state index is 12.0. The minimum atomic E-state index is -3.38. The molecule has 47 heavy (non-hydrogen) atoms. The molecule has 250 valence electrons. The zero-order valence-electron chi connectivity index (χ0n) is 26.7. The van der Waals surface area contributed by atoms with Gasteiger partial charge in [-0.25, -0.2) is 18.2 Å². The summed E-state index contributed by atoms with van der Waals surface area (Å²) in [7, 11) is 1.30. The molecule has 1 aliphatic rings. The van der Waals surface area contributed by atoms with Crippen molar-refractivity contribution in [3.63, 3.8) is 0 Å². The highest BCUT2D eigenvalue weighted by Gasteiger charge is 2.25. The number of carboxylic acid groups (broad SMARTS) is 1. The lowest BCUT2D eigenvalue weighted by Crippen LogP contribution is -2.31. The predicted molar refractivity (Wildman–Crippen MR) is 181 cm³/mol. The van der Waals surface area contributed by atoms with Crippen LogP contribution in [0.3, 0.4) is 0 Å². The van der Waals surface area contributed by atoms with Crippen molar-refractivity contribution in [2.45, 2.75) is 39.8 Å². The number of hydrogen-bond acceptors (Lipinski definition) is 13. The molecule has 0 amide bonds. The third kappa shape index (κ3) is 7.77. The Morgan fingerprint density at radius 2 is 1.72 bits per heavy atom. The number of fused-ring (bicyclic) bond motifs is 1. The van der Waals surface area contributed by atoms with Crippen molar-refractivity contribution in [1.29, 1.82) is 0 Å². The highest BCUT2D eigenvalue weighted by atomic mass is 32.2. The number of thiazole rings is 1. The van der Waals surface area contributed by atoms with Crippen LogP contribution >= 0.6 is 11.3 Å². The Kier molecular flexibility index (Phi) is 10.2. The van der Waals surface area contributed by atoms with Crippen LogP contribution in [-0.2, 0) is 29.5 Å². The Bertz CT molecular complexity index is 1840. The summed E-state index contributed by atoms with van der Waals surface area (Å²) in [6, 6.07) is 11.0. The van der Waals surface area contributed by atoms with Gasteiger partial charge in [-0.05, 0) is 62.1 Å². The number of hydrogen-bond donors (Lipinski definition) is 4. The van der Waals surface area contributed by atoms with Gasteiger partial charge in [0.25, 0.3) is 0 Å². The minimum absolute atomic E-state index is 0.0104. The number of carboxylic acids is 1. The highest BCUT2D eigenvalue weighted by Crippen LogP contribution is 2.39. The standard InChI is InChI=1S/C31H37N7O7S2/c1-6-47(41,42)37-21-11-9-19(10-12-21)17-38-13-7-8-22-27(32-16-20-14-23(43-3)25(45-5)24(15-20)44-4)34-30(35-28(22)38)36-31-33-18(2)26(46-31)29(39)40/h9-12,14-15,37H,6-8,13,16-17H2,1-5H3,(H,39,40)(H2,32,33,34,35,36). The Balaban J connectivity index is 1.47. The molecule has 0 saturated heterocycles. The van der Waals surface area contributed by atoms with Crippen LogP contribution in [0.1, 0.15) is 45.4 Å². The molecule has 14 nitrogen and oxygen atoms in total. The van der Waals surface area contributed by atoms with Crippen molar-refractivity contribution in [3.8, 4) is 17.2 Å². The topological polar surface area (TPSA) is 177 Å². The van der Waals surface area contributed by atoms with E-state index in [1.54, 1.807) is 47.3 Å². The maximum Gasteiger partial charge on any atom is 0.347 e. The van der Waals surface area contributed by atoms with Crippen molar-refractivity contribution < 1.29 is 32.5 Å². The molecule has 5 rings (SSSR count). The van der Waals surface area contributed by atoms with Crippen LogP contribution in [0, 0.1) is 6.92 Å². The number of aromatic nitrogens is 3. The van der Waals surface area contributed by atoms with Gasteiger partial charge in [0.1, 0.15) is 16.5 Å². The van der Waals surface area contributed by atoms with Crippen LogP contribution in [0.2, 0.25) is 0 Å². The minimum Gasteiger partial charge on any atom is -0.493 e. The molecule has 0 radical (unpaired) electrons. The Morgan fingerprint density at radius 3 is 2.32 bits per heavy atom. The van der Waals surface area contributed by atoms with E-state index < -0.39 is 16.0 Å². The molecule has 3 heterocycles. The first-order chi connectivity index (χ1) is 22.5. The normalized spacial score (nSPS) is 12.7. The summed E-state index contributed by atoms with van der Waals surface area (Å²) in [5.41, 5.74) is 3.67. The largest absolute Gasteiger partial charge is 0.493 e. The Hall–Kier alpha value is -4.83. The van der Waals surface area contributed by atoms with Gasteiger partial charge in [-0.2, -0.15) is 9.97 Å². The second kappa shape index (κ2) is 14.3. The summed E-state index contributed by atoms with van der Waals surface area (Å²) in [5.74, 6) is 2.10. The number of nitrogens with zero attached hydrogens (tertiary/aromatic N) is 4. The SMILES string of the molecule is CCS(=O)(=O)Nc1ccc(CN2CCCc3c(NCc4cc(OC)c(OC)c(OC)c4)nc(Nc4nc(C)c(C(=O)O)s4)nc32)cc1. The molecule has 0 fully saturated rings. The number of aromatic carboxylic acids is 1. The summed E-state index contributed by atoms with van der Waals surface area (Å²) in [4.78, 5) is 28.0. The Labute approximate surface area is 277 Å². The molecule has 0 spiro atoms. The van der Waals surface area contributed by atoms with Crippen LogP contribution in [0.5, 0.6) is 17.2 Å². The summed E-state index contributed by atoms with van der Waals surface area (Å²) in [6.07, 6.45) is 1.60. The molecule has 0 saturated carbocycles. The van der Waals surface area contributed by atoms with E-state index in [0.29, 0.717) is 52.7 Å². The number of rotatable bonds is 14. The monoisotopic (exact) mass is 683 g/mol. The zero-order valence-corrected chi connectivity index (χ0v) is 28.3. The van der Waals surface area contributed by atoms with Gasteiger partial charge >= 0.3 is 5.97 Å². The van der Waals surface area contributed by atoms with Crippen LogP contribution in [0.4, 0.5) is 28.4 Å². The molecule has 16 heteroatoms. The van der Waals surface area contributed by atoms with E-state index in [1.165, 1.54) is 0 Å². The molecule has 2 aromatic heterocycles. The summed E-state index contributed by atoms with van der Waals surface area (Å²) < 4.78 is 43.1. The van der Waals surface area contributed by atoms with Gasteiger partial charge in [0.05, 0.1) is 32.8 Å². The average Bonchev–Trinajstić information content (AvgIpc) is 3.43. The van der Waals surface area contributed by atoms with E-state index in [9.17, 15) is 18.3 Å². The average molecular weight is 684 g/mol. The molecule has 4 aromatic rings. The zero-order chi connectivity index (χ0) is 33.7. The van der Waals surface area contributed by atoms with Crippen molar-refractivity contribution >= 4 is 55.7 Å². The van der Waals surface area contributed by atoms with Crippen LogP contribution < -0.4 is 34.5 Å². The van der Waals surface area contributed by atoms with Gasteiger partial charge in [0.2, 0.25) is 21.7 Å². The van der Waals surface area contributed by atoms with Crippen molar-refractivity contribution in [1.82, 2.24) is 15.0 Å². The number of benzene rings is 2. The first-order valence-corrected chi connectivity index (χ1v) is 17.3. The summed E-state index contributed by atoms with van der Waals surface area (Å²) in [6.45, 7) is 4.87. The molecule has 2 aromatic carbocycles. The van der Waals surface area contributed by atoms with Gasteiger partial charge < -0.3 is 29.5 Å². The third-order valence-corrected chi connectivity index (χ3v) is 9.88. The van der Waals surface area contributed by atoms with E-state index in [2.05, 4.69) is 25.2 Å². The Morgan fingerprint density at radius 1 is 1.02 bits per heavy atom. The fourth-order valence-corrected chi connectivity index (χ4v) is 6.63. The summed E-state index contributed by atoms with van der Waals surface area (Å²) >= 11 is 1.01. The second-order valence-corrected chi connectivity index (χ2v) is 13.7. The lowest BCUT2D eigenvalue weighted by atomic mass is 10.0. The summed E-state index contributed by atoms with van der Waals surface area (Å²) in [5, 5.41) is 16.5. The van der Waals surface area contributed by atoms with Crippen LogP contribution in [0.25, 0.3) is 0 Å². The number of ether oxygens (including phenoxy) is 3. The number of anilines is 5. The molecular weight excluding hydrogens is 647 g/mol. The number of methoxy groups -OCH3 is 3. The second-order valence-electron chi connectivity index (χ2n) is 10.7. The van der Waals surface area contributed by atoms with Gasteiger partial charge in [0, 0.05) is 30.9 Å². The van der Waals surface area contributed by atoms with E-state index >= 15 is 0 Å². The smallest absolute Gasteiger partial charge is 0.347 e. The fraction of sp³-hybridized carbons (Fsp3) is 0.355. The van der Waals surface area contributed by atoms with Crippen LogP contribution in [0.15, 0.2) is 36.4 Å². The molecule has 0 bridgehead atoms. The van der Waals surface area contributed by atoms with E-state index in [0.717, 1.165) is 53.2 Å². The number of aryl methyl sites for hydroxylation is 1. The lowest BCUT2D eigenvalue weighted by Gasteiger charge is -2.31. The highest BCUT2D eigenvalue weighted by molar-refractivity contribution is 7.92. The van der Waals surface area contributed by atoms with E-state index in [-0.39, 0.29) is 16.6 Å². The molecule has 1 aliphatic heterocycles. The lowest BCUT2D eigenvalue weighted by molar-refractivity contribution is 0.0701. The number of sulfonamides is 1. The van der Waals surface area contributed by atoms with Gasteiger partial charge in [-0.15, -0.1) is 0 Å². The fourth-order valence-electron chi connectivity index (χ4n) is 5.19. The molecule has 0 unspecified atom stereocenters. The van der Waals surface area contributed by atoms with Gasteiger partial charge in [0.15, 0.2) is 16.6 Å². The van der Waals surface area contributed by atoms with E-state index in [4.69, 9.17) is 24.2 Å². The number of nitrogens with one attached hydrogen (secondary N) is 3. The molecular formula is C31H37N7O7S2. The molecule has 0 atom stereocenters. The molecule has 4 N–H and O–H groups in total. The predicted octanol–water partition coefficient (Wildman–Crippen LogP) is 5.04.